The Bertz CT molecular complexity index is 1070. The van der Waals surface area contributed by atoms with Gasteiger partial charge < -0.3 is 4.74 Å². The highest BCUT2D eigenvalue weighted by molar-refractivity contribution is 6.46. The highest BCUT2D eigenvalue weighted by Crippen LogP contribution is 2.38. The Morgan fingerprint density at radius 3 is 2.23 bits per heavy atom. The minimum atomic E-state index is -4.79. The highest BCUT2D eigenvalue weighted by Gasteiger charge is 2.39. The second-order valence-corrected chi connectivity index (χ2v) is 6.74. The van der Waals surface area contributed by atoms with Crippen LogP contribution in [-0.2, 0) is 4.79 Å². The Kier molecular flexibility index (Phi) is 5.27. The van der Waals surface area contributed by atoms with Crippen LogP contribution in [0.25, 0.3) is 0 Å². The fourth-order valence-corrected chi connectivity index (χ4v) is 3.47. The topological polar surface area (TPSA) is 41.9 Å². The molecule has 0 bridgehead atoms. The lowest BCUT2D eigenvalue weighted by molar-refractivity contribution is -0.274. The van der Waals surface area contributed by atoms with Crippen molar-refractivity contribution in [2.45, 2.75) is 18.8 Å². The van der Waals surface area contributed by atoms with Crippen LogP contribution in [-0.4, -0.2) is 18.0 Å². The predicted molar refractivity (Wildman–Crippen MR) is 108 cm³/mol. The first-order chi connectivity index (χ1) is 14.4. The lowest BCUT2D eigenvalue weighted by Crippen LogP contribution is -2.29. The molecular formula is C23H17F3N2O2. The van der Waals surface area contributed by atoms with Crippen LogP contribution in [0, 0.1) is 0 Å². The lowest BCUT2D eigenvalue weighted by Gasteiger charge is -2.25. The van der Waals surface area contributed by atoms with Gasteiger partial charge in [-0.3, -0.25) is 9.69 Å². The molecule has 1 fully saturated rings. The maximum absolute atomic E-state index is 13.2. The van der Waals surface area contributed by atoms with Gasteiger partial charge in [0.25, 0.3) is 5.91 Å². The summed E-state index contributed by atoms with van der Waals surface area (Å²) < 4.78 is 42.0. The van der Waals surface area contributed by atoms with Gasteiger partial charge in [0.15, 0.2) is 0 Å². The molecular weight excluding hydrogens is 393 g/mol. The molecule has 1 aliphatic rings. The third-order valence-electron chi connectivity index (χ3n) is 4.70. The van der Waals surface area contributed by atoms with Crippen LogP contribution in [0.3, 0.4) is 0 Å². The molecule has 1 heterocycles. The molecule has 4 nitrogen and oxygen atoms in total. The fraction of sp³-hybridized carbons (Fsp3) is 0.130. The van der Waals surface area contributed by atoms with Crippen molar-refractivity contribution in [3.63, 3.8) is 0 Å². The highest BCUT2D eigenvalue weighted by atomic mass is 19.4. The summed E-state index contributed by atoms with van der Waals surface area (Å²) in [4.78, 5) is 19.2. The summed E-state index contributed by atoms with van der Waals surface area (Å²) in [6, 6.07) is 23.3. The molecule has 0 aliphatic carbocycles. The fourth-order valence-electron chi connectivity index (χ4n) is 3.47. The molecule has 152 valence electrons. The van der Waals surface area contributed by atoms with Crippen LogP contribution in [0.2, 0.25) is 0 Å². The van der Waals surface area contributed by atoms with Crippen molar-refractivity contribution in [2.24, 2.45) is 4.99 Å². The number of aliphatic imine (C=N–C) groups is 1. The summed E-state index contributed by atoms with van der Waals surface area (Å²) in [5.74, 6) is -0.605. The summed E-state index contributed by atoms with van der Waals surface area (Å²) in [5.41, 5.74) is 2.17. The SMILES string of the molecule is O=C1C(=Nc2ccccc2)CC(c2cccc(OC(F)(F)F)c2)N1c1ccccc1. The summed E-state index contributed by atoms with van der Waals surface area (Å²) in [6.45, 7) is 0. The number of ether oxygens (including phenoxy) is 1. The third-order valence-corrected chi connectivity index (χ3v) is 4.70. The molecule has 0 saturated carbocycles. The van der Waals surface area contributed by atoms with E-state index >= 15 is 0 Å². The van der Waals surface area contributed by atoms with Crippen molar-refractivity contribution in [1.29, 1.82) is 0 Å². The van der Waals surface area contributed by atoms with E-state index < -0.39 is 12.4 Å². The molecule has 30 heavy (non-hydrogen) atoms. The first-order valence-corrected chi connectivity index (χ1v) is 9.28. The average Bonchev–Trinajstić information content (AvgIpc) is 3.04. The van der Waals surface area contributed by atoms with Crippen LogP contribution in [0.5, 0.6) is 5.75 Å². The Hall–Kier alpha value is -3.61. The molecule has 3 aromatic carbocycles. The Labute approximate surface area is 171 Å². The van der Waals surface area contributed by atoms with E-state index in [4.69, 9.17) is 0 Å². The average molecular weight is 410 g/mol. The second-order valence-electron chi connectivity index (χ2n) is 6.74. The van der Waals surface area contributed by atoms with Crippen LogP contribution < -0.4 is 9.64 Å². The van der Waals surface area contributed by atoms with Crippen molar-refractivity contribution in [3.05, 3.63) is 90.5 Å². The molecule has 0 aromatic heterocycles. The van der Waals surface area contributed by atoms with Gasteiger partial charge in [-0.25, -0.2) is 4.99 Å². The minimum Gasteiger partial charge on any atom is -0.406 e. The van der Waals surface area contributed by atoms with Crippen LogP contribution >= 0.6 is 0 Å². The quantitative estimate of drug-likeness (QED) is 0.543. The number of nitrogens with zero attached hydrogens (tertiary/aromatic N) is 2. The van der Waals surface area contributed by atoms with Gasteiger partial charge in [0.05, 0.1) is 11.7 Å². The van der Waals surface area contributed by atoms with Gasteiger partial charge in [-0.05, 0) is 42.0 Å². The zero-order valence-corrected chi connectivity index (χ0v) is 15.7. The largest absolute Gasteiger partial charge is 0.573 e. The number of hydrogen-bond acceptors (Lipinski definition) is 3. The van der Waals surface area contributed by atoms with E-state index in [0.29, 0.717) is 22.6 Å². The number of hydrogen-bond donors (Lipinski definition) is 0. The summed E-state index contributed by atoms with van der Waals surface area (Å²) >= 11 is 0. The van der Waals surface area contributed by atoms with Gasteiger partial charge in [0.1, 0.15) is 11.5 Å². The van der Waals surface area contributed by atoms with E-state index in [9.17, 15) is 18.0 Å². The number of carbonyl (C=O) groups is 1. The van der Waals surface area contributed by atoms with E-state index in [-0.39, 0.29) is 18.1 Å². The van der Waals surface area contributed by atoms with Crippen molar-refractivity contribution in [1.82, 2.24) is 0 Å². The number of rotatable bonds is 4. The summed E-state index contributed by atoms with van der Waals surface area (Å²) in [6.07, 6.45) is -4.53. The maximum atomic E-state index is 13.2. The van der Waals surface area contributed by atoms with E-state index in [0.717, 1.165) is 0 Å². The number of amides is 1. The molecule has 3 aromatic rings. The number of anilines is 1. The molecule has 1 aliphatic heterocycles. The van der Waals surface area contributed by atoms with Gasteiger partial charge in [-0.15, -0.1) is 13.2 Å². The van der Waals surface area contributed by atoms with Crippen LogP contribution in [0.1, 0.15) is 18.0 Å². The van der Waals surface area contributed by atoms with E-state index in [1.165, 1.54) is 18.2 Å². The van der Waals surface area contributed by atoms with Gasteiger partial charge in [0, 0.05) is 12.1 Å². The molecule has 0 radical (unpaired) electrons. The molecule has 0 N–H and O–H groups in total. The number of benzene rings is 3. The van der Waals surface area contributed by atoms with Crippen molar-refractivity contribution >= 4 is 23.0 Å². The molecule has 1 atom stereocenters. The third kappa shape index (κ3) is 4.35. The Morgan fingerprint density at radius 1 is 0.900 bits per heavy atom. The Balaban J connectivity index is 1.74. The molecule has 7 heteroatoms. The predicted octanol–water partition coefficient (Wildman–Crippen LogP) is 5.84. The molecule has 0 spiro atoms. The first-order valence-electron chi connectivity index (χ1n) is 9.28. The van der Waals surface area contributed by atoms with E-state index in [2.05, 4.69) is 9.73 Å². The number of carbonyl (C=O) groups excluding carboxylic acids is 1. The molecule has 4 rings (SSSR count). The zero-order chi connectivity index (χ0) is 21.1. The molecule has 1 unspecified atom stereocenters. The van der Waals surface area contributed by atoms with Crippen molar-refractivity contribution in [3.8, 4) is 5.75 Å². The van der Waals surface area contributed by atoms with E-state index in [1.807, 2.05) is 24.3 Å². The normalized spacial score (nSPS) is 18.1. The van der Waals surface area contributed by atoms with Gasteiger partial charge in [-0.1, -0.05) is 48.5 Å². The van der Waals surface area contributed by atoms with Gasteiger partial charge in [0.2, 0.25) is 0 Å². The maximum Gasteiger partial charge on any atom is 0.573 e. The standard InChI is InChI=1S/C23H17F3N2O2/c24-23(25,26)30-19-13-7-8-16(14-19)21-15-20(27-17-9-3-1-4-10-17)22(29)28(21)18-11-5-2-6-12-18/h1-14,21H,15H2. The molecule has 1 saturated heterocycles. The number of halogens is 3. The minimum absolute atomic E-state index is 0.262. The van der Waals surface area contributed by atoms with E-state index in [1.54, 1.807) is 47.4 Å². The van der Waals surface area contributed by atoms with Gasteiger partial charge >= 0.3 is 6.36 Å². The molecule has 1 amide bonds. The van der Waals surface area contributed by atoms with Crippen molar-refractivity contribution < 1.29 is 22.7 Å². The smallest absolute Gasteiger partial charge is 0.406 e. The number of alkyl halides is 3. The van der Waals surface area contributed by atoms with Gasteiger partial charge in [-0.2, -0.15) is 0 Å². The van der Waals surface area contributed by atoms with Crippen molar-refractivity contribution in [2.75, 3.05) is 4.90 Å². The van der Waals surface area contributed by atoms with Crippen LogP contribution in [0.15, 0.2) is 89.9 Å². The first kappa shape index (κ1) is 19.7. The lowest BCUT2D eigenvalue weighted by atomic mass is 10.0. The Morgan fingerprint density at radius 2 is 1.57 bits per heavy atom. The summed E-state index contributed by atoms with van der Waals surface area (Å²) in [5, 5.41) is 0. The number of para-hydroxylation sites is 2. The monoisotopic (exact) mass is 410 g/mol. The summed E-state index contributed by atoms with van der Waals surface area (Å²) in [7, 11) is 0. The van der Waals surface area contributed by atoms with Crippen LogP contribution in [0.4, 0.5) is 24.5 Å². The second kappa shape index (κ2) is 8.02. The zero-order valence-electron chi connectivity index (χ0n) is 15.7.